The summed E-state index contributed by atoms with van der Waals surface area (Å²) >= 11 is 12.4. The van der Waals surface area contributed by atoms with Crippen molar-refractivity contribution < 1.29 is 0 Å². The third-order valence-electron chi connectivity index (χ3n) is 1.12. The fourth-order valence-electron chi connectivity index (χ4n) is 0.611. The third kappa shape index (κ3) is 2.00. The van der Waals surface area contributed by atoms with E-state index < -0.39 is 0 Å². The molecule has 0 atom stereocenters. The first kappa shape index (κ1) is 10.0. The predicted molar refractivity (Wildman–Crippen MR) is 60.1 cm³/mol. The molecule has 0 N–H and O–H groups in total. The zero-order valence-electron chi connectivity index (χ0n) is 5.55. The van der Waals surface area contributed by atoms with E-state index >= 15 is 0 Å². The van der Waals surface area contributed by atoms with Crippen molar-refractivity contribution in [3.63, 3.8) is 0 Å². The second-order valence-corrected chi connectivity index (χ2v) is 4.44. The van der Waals surface area contributed by atoms with Gasteiger partial charge in [0.25, 0.3) is 0 Å². The van der Waals surface area contributed by atoms with E-state index in [2.05, 4.69) is 41.0 Å². The van der Waals surface area contributed by atoms with Gasteiger partial charge in [0, 0.05) is 7.05 Å². The number of rotatable bonds is 2. The third-order valence-corrected chi connectivity index (χ3v) is 4.01. The molecular formula is C4H6N2S5. The summed E-state index contributed by atoms with van der Waals surface area (Å²) < 4.78 is 1.69. The van der Waals surface area contributed by atoms with Gasteiger partial charge in [0.2, 0.25) is 0 Å². The van der Waals surface area contributed by atoms with E-state index in [-0.39, 0.29) is 0 Å². The van der Waals surface area contributed by atoms with Crippen LogP contribution >= 0.6 is 57.5 Å². The molecule has 7 heteroatoms. The Bertz CT molecular complexity index is 257. The summed E-state index contributed by atoms with van der Waals surface area (Å²) in [6.07, 6.45) is 0. The summed E-state index contributed by atoms with van der Waals surface area (Å²) in [7, 11) is 4.47. The number of aryl methyl sites for hydroxylation is 1. The van der Waals surface area contributed by atoms with E-state index in [1.54, 1.807) is 4.68 Å². The van der Waals surface area contributed by atoms with Crippen molar-refractivity contribution in [2.24, 2.45) is 7.05 Å². The number of hydrogen-bond donors (Lipinski definition) is 3. The molecule has 0 saturated heterocycles. The Balaban J connectivity index is 3.15. The summed E-state index contributed by atoms with van der Waals surface area (Å²) in [6.45, 7) is 0. The van der Waals surface area contributed by atoms with Gasteiger partial charge in [-0.3, -0.25) is 4.68 Å². The van der Waals surface area contributed by atoms with Crippen LogP contribution in [0.1, 0.15) is 0 Å². The second-order valence-electron chi connectivity index (χ2n) is 1.76. The van der Waals surface area contributed by atoms with Crippen molar-refractivity contribution in [1.29, 1.82) is 0 Å². The zero-order chi connectivity index (χ0) is 8.43. The predicted octanol–water partition coefficient (Wildman–Crippen LogP) is 2.58. The van der Waals surface area contributed by atoms with Crippen LogP contribution in [-0.2, 0) is 7.05 Å². The van der Waals surface area contributed by atoms with Gasteiger partial charge in [-0.2, -0.15) is 5.10 Å². The topological polar surface area (TPSA) is 17.8 Å². The SMILES string of the molecule is Cn1nc(SS)c(SS)c1S. The molecule has 2 nitrogen and oxygen atoms in total. The molecule has 1 rings (SSSR count). The zero-order valence-corrected chi connectivity index (χ0v) is 9.87. The molecule has 0 aliphatic rings. The molecule has 62 valence electrons. The van der Waals surface area contributed by atoms with E-state index in [0.717, 1.165) is 14.9 Å². The highest BCUT2D eigenvalue weighted by molar-refractivity contribution is 8.70. The van der Waals surface area contributed by atoms with E-state index in [1.165, 1.54) is 21.6 Å². The number of hydrogen-bond acceptors (Lipinski definition) is 6. The Morgan fingerprint density at radius 2 is 2.00 bits per heavy atom. The van der Waals surface area contributed by atoms with Crippen LogP contribution in [-0.4, -0.2) is 9.78 Å². The summed E-state index contributed by atoms with van der Waals surface area (Å²) in [4.78, 5) is 0.958. The first-order valence-electron chi connectivity index (χ1n) is 2.59. The lowest BCUT2D eigenvalue weighted by atomic mass is 10.7. The van der Waals surface area contributed by atoms with E-state index in [1.807, 2.05) is 7.05 Å². The molecule has 0 aliphatic heterocycles. The van der Waals surface area contributed by atoms with Crippen LogP contribution in [0.2, 0.25) is 0 Å². The van der Waals surface area contributed by atoms with E-state index in [9.17, 15) is 0 Å². The molecular weight excluding hydrogens is 236 g/mol. The van der Waals surface area contributed by atoms with Crippen LogP contribution in [0.3, 0.4) is 0 Å². The maximum absolute atomic E-state index is 4.25. The molecule has 0 aromatic carbocycles. The molecule has 0 saturated carbocycles. The van der Waals surface area contributed by atoms with E-state index in [4.69, 9.17) is 0 Å². The number of thiol groups is 3. The highest BCUT2D eigenvalue weighted by Crippen LogP contribution is 2.37. The number of aromatic nitrogens is 2. The highest BCUT2D eigenvalue weighted by atomic mass is 33.1. The summed E-state index contributed by atoms with van der Waals surface area (Å²) in [5.74, 6) is 0. The van der Waals surface area contributed by atoms with Crippen LogP contribution in [0.15, 0.2) is 14.9 Å². The minimum atomic E-state index is 0.821. The lowest BCUT2D eigenvalue weighted by Gasteiger charge is -1.92. The van der Waals surface area contributed by atoms with Gasteiger partial charge in [-0.05, 0) is 10.8 Å². The maximum atomic E-state index is 4.25. The lowest BCUT2D eigenvalue weighted by Crippen LogP contribution is -1.89. The van der Waals surface area contributed by atoms with Crippen molar-refractivity contribution in [2.75, 3.05) is 0 Å². The normalized spacial score (nSPS) is 10.5. The molecule has 0 bridgehead atoms. The molecule has 1 aromatic heterocycles. The van der Waals surface area contributed by atoms with Crippen molar-refractivity contribution >= 4 is 57.5 Å². The maximum Gasteiger partial charge on any atom is 0.144 e. The Kier molecular flexibility index (Phi) is 3.90. The van der Waals surface area contributed by atoms with Crippen LogP contribution < -0.4 is 0 Å². The fourth-order valence-corrected chi connectivity index (χ4v) is 3.38. The van der Waals surface area contributed by atoms with Crippen molar-refractivity contribution in [3.05, 3.63) is 0 Å². The van der Waals surface area contributed by atoms with Crippen molar-refractivity contribution in [1.82, 2.24) is 9.78 Å². The summed E-state index contributed by atoms with van der Waals surface area (Å²) in [6, 6.07) is 0. The molecule has 0 aliphatic carbocycles. The summed E-state index contributed by atoms with van der Waals surface area (Å²) in [5, 5.41) is 5.83. The fraction of sp³-hybridized carbons (Fsp3) is 0.250. The van der Waals surface area contributed by atoms with Gasteiger partial charge >= 0.3 is 0 Å². The van der Waals surface area contributed by atoms with Gasteiger partial charge < -0.3 is 0 Å². The molecule has 0 unspecified atom stereocenters. The van der Waals surface area contributed by atoms with Gasteiger partial charge in [-0.15, -0.1) is 36.0 Å². The molecule has 0 fully saturated rings. The quantitative estimate of drug-likeness (QED) is 0.547. The standard InChI is InChI=1S/C4H6N2S5/c1-6-4(7)2(10-8)3(5-6)11-9/h7-9H,1H3. The summed E-state index contributed by atoms with van der Waals surface area (Å²) in [5.41, 5.74) is 0. The second kappa shape index (κ2) is 4.27. The largest absolute Gasteiger partial charge is 0.260 e. The van der Waals surface area contributed by atoms with Crippen LogP contribution in [0.4, 0.5) is 0 Å². The molecule has 0 radical (unpaired) electrons. The molecule has 0 spiro atoms. The monoisotopic (exact) mass is 242 g/mol. The Hall–Kier alpha value is 0.960. The van der Waals surface area contributed by atoms with Crippen molar-refractivity contribution in [2.45, 2.75) is 14.9 Å². The van der Waals surface area contributed by atoms with E-state index in [0.29, 0.717) is 0 Å². The minimum Gasteiger partial charge on any atom is -0.260 e. The minimum absolute atomic E-state index is 0.821. The number of nitrogens with zero attached hydrogens (tertiary/aromatic N) is 2. The van der Waals surface area contributed by atoms with Gasteiger partial charge in [-0.1, -0.05) is 10.8 Å². The Morgan fingerprint density at radius 1 is 1.36 bits per heavy atom. The molecule has 11 heavy (non-hydrogen) atoms. The smallest absolute Gasteiger partial charge is 0.144 e. The van der Waals surface area contributed by atoms with Crippen LogP contribution in [0.5, 0.6) is 0 Å². The van der Waals surface area contributed by atoms with Crippen molar-refractivity contribution in [3.8, 4) is 0 Å². The Labute approximate surface area is 88.9 Å². The molecule has 1 aromatic rings. The van der Waals surface area contributed by atoms with Gasteiger partial charge in [0.05, 0.1) is 4.90 Å². The first-order valence-corrected chi connectivity index (χ1v) is 6.78. The molecule has 0 amide bonds. The van der Waals surface area contributed by atoms with Crippen LogP contribution in [0, 0.1) is 0 Å². The lowest BCUT2D eigenvalue weighted by molar-refractivity contribution is 0.680. The van der Waals surface area contributed by atoms with Gasteiger partial charge in [0.15, 0.2) is 0 Å². The van der Waals surface area contributed by atoms with Crippen LogP contribution in [0.25, 0.3) is 0 Å². The van der Waals surface area contributed by atoms with Gasteiger partial charge in [-0.25, -0.2) is 0 Å². The highest BCUT2D eigenvalue weighted by Gasteiger charge is 2.11. The average Bonchev–Trinajstić information content (AvgIpc) is 2.28. The average molecular weight is 242 g/mol. The van der Waals surface area contributed by atoms with Gasteiger partial charge in [0.1, 0.15) is 10.1 Å². The first-order chi connectivity index (χ1) is 5.20. The molecule has 1 heterocycles. The Morgan fingerprint density at radius 3 is 2.36 bits per heavy atom.